The molecule has 0 atom stereocenters. The highest BCUT2D eigenvalue weighted by atomic mass is 16.3. The Morgan fingerprint density at radius 2 is 1.39 bits per heavy atom. The van der Waals surface area contributed by atoms with Crippen molar-refractivity contribution in [2.24, 2.45) is 0 Å². The molecule has 0 saturated carbocycles. The zero-order chi connectivity index (χ0) is 13.0. The number of nitrogens with one attached hydrogen (secondary N) is 1. The second-order valence-corrected chi connectivity index (χ2v) is 3.99. The summed E-state index contributed by atoms with van der Waals surface area (Å²) in [6, 6.07) is 3.77. The van der Waals surface area contributed by atoms with Crippen LogP contribution in [0.3, 0.4) is 0 Å². The third kappa shape index (κ3) is 1.11. The Bertz CT molecular complexity index is 790. The number of fused-ring (bicyclic) bond motifs is 3. The fraction of sp³-hybridized carbons (Fsp3) is 0. The van der Waals surface area contributed by atoms with Crippen molar-refractivity contribution in [3.8, 4) is 28.7 Å². The first-order valence-corrected chi connectivity index (χ1v) is 5.11. The molecule has 6 N–H and O–H groups in total. The number of benzene rings is 2. The quantitative estimate of drug-likeness (QED) is 0.268. The zero-order valence-electron chi connectivity index (χ0n) is 8.97. The molecule has 0 radical (unpaired) electrons. The van der Waals surface area contributed by atoms with Crippen molar-refractivity contribution in [3.63, 3.8) is 0 Å². The van der Waals surface area contributed by atoms with Gasteiger partial charge in [0.2, 0.25) is 5.75 Å². The van der Waals surface area contributed by atoms with Gasteiger partial charge in [0.1, 0.15) is 11.5 Å². The number of aromatic hydroxyl groups is 5. The summed E-state index contributed by atoms with van der Waals surface area (Å²) in [6.45, 7) is 0. The number of hydrogen-bond acceptors (Lipinski definition) is 5. The van der Waals surface area contributed by atoms with E-state index in [0.717, 1.165) is 0 Å². The van der Waals surface area contributed by atoms with Gasteiger partial charge in [-0.25, -0.2) is 0 Å². The highest BCUT2D eigenvalue weighted by Crippen LogP contribution is 2.47. The Hall–Kier alpha value is -2.76. The number of aromatic nitrogens is 1. The van der Waals surface area contributed by atoms with Crippen molar-refractivity contribution in [2.45, 2.75) is 0 Å². The van der Waals surface area contributed by atoms with E-state index < -0.39 is 17.2 Å². The highest BCUT2D eigenvalue weighted by Gasteiger charge is 2.19. The van der Waals surface area contributed by atoms with E-state index in [2.05, 4.69) is 4.98 Å². The molecule has 1 aromatic heterocycles. The van der Waals surface area contributed by atoms with Gasteiger partial charge in [0.25, 0.3) is 0 Å². The van der Waals surface area contributed by atoms with Gasteiger partial charge in [0.15, 0.2) is 11.5 Å². The van der Waals surface area contributed by atoms with E-state index in [1.165, 1.54) is 18.2 Å². The van der Waals surface area contributed by atoms with E-state index in [-0.39, 0.29) is 33.3 Å². The molecule has 0 aliphatic heterocycles. The van der Waals surface area contributed by atoms with Crippen LogP contribution in [0.1, 0.15) is 0 Å². The number of phenolic OH excluding ortho intramolecular Hbond substituents is 5. The highest BCUT2D eigenvalue weighted by molar-refractivity contribution is 6.15. The summed E-state index contributed by atoms with van der Waals surface area (Å²) in [5.41, 5.74) is 0.500. The largest absolute Gasteiger partial charge is 0.507 e. The van der Waals surface area contributed by atoms with Crippen LogP contribution in [0.5, 0.6) is 28.7 Å². The average molecular weight is 247 g/mol. The normalized spacial score (nSPS) is 11.3. The van der Waals surface area contributed by atoms with Crippen molar-refractivity contribution < 1.29 is 25.5 Å². The predicted molar refractivity (Wildman–Crippen MR) is 64.1 cm³/mol. The molecule has 3 aromatic rings. The van der Waals surface area contributed by atoms with Crippen molar-refractivity contribution in [1.82, 2.24) is 4.98 Å². The molecule has 0 spiro atoms. The molecule has 92 valence electrons. The van der Waals surface area contributed by atoms with E-state index in [9.17, 15) is 25.5 Å². The summed E-state index contributed by atoms with van der Waals surface area (Å²) < 4.78 is 0. The van der Waals surface area contributed by atoms with E-state index >= 15 is 0 Å². The first-order chi connectivity index (χ1) is 8.50. The first-order valence-electron chi connectivity index (χ1n) is 5.11. The number of H-pyrrole nitrogens is 1. The van der Waals surface area contributed by atoms with E-state index in [1.807, 2.05) is 0 Å². The Morgan fingerprint density at radius 1 is 0.722 bits per heavy atom. The van der Waals surface area contributed by atoms with Gasteiger partial charge in [0, 0.05) is 6.07 Å². The fourth-order valence-electron chi connectivity index (χ4n) is 2.09. The van der Waals surface area contributed by atoms with Gasteiger partial charge < -0.3 is 30.5 Å². The van der Waals surface area contributed by atoms with Crippen molar-refractivity contribution >= 4 is 21.8 Å². The zero-order valence-corrected chi connectivity index (χ0v) is 8.97. The third-order valence-corrected chi connectivity index (χ3v) is 2.93. The molecular formula is C12H9NO5. The molecule has 6 nitrogen and oxygen atoms in total. The van der Waals surface area contributed by atoms with Crippen LogP contribution in [0.25, 0.3) is 21.8 Å². The van der Waals surface area contributed by atoms with E-state index in [0.29, 0.717) is 0 Å². The van der Waals surface area contributed by atoms with Gasteiger partial charge in [-0.05, 0) is 12.1 Å². The van der Waals surface area contributed by atoms with Gasteiger partial charge in [-0.1, -0.05) is 0 Å². The number of aromatic amines is 1. The molecular weight excluding hydrogens is 238 g/mol. The van der Waals surface area contributed by atoms with Gasteiger partial charge >= 0.3 is 0 Å². The number of phenols is 5. The predicted octanol–water partition coefficient (Wildman–Crippen LogP) is 1.85. The summed E-state index contributed by atoms with van der Waals surface area (Å²) in [6.07, 6.45) is 0. The Morgan fingerprint density at radius 3 is 2.11 bits per heavy atom. The average Bonchev–Trinajstić information content (AvgIpc) is 2.71. The lowest BCUT2D eigenvalue weighted by Gasteiger charge is -2.03. The molecule has 1 heterocycles. The lowest BCUT2D eigenvalue weighted by Crippen LogP contribution is -1.75. The van der Waals surface area contributed by atoms with E-state index in [1.54, 1.807) is 0 Å². The van der Waals surface area contributed by atoms with Crippen LogP contribution < -0.4 is 0 Å². The van der Waals surface area contributed by atoms with Crippen LogP contribution in [0, 0.1) is 0 Å². The fourth-order valence-corrected chi connectivity index (χ4v) is 2.09. The molecule has 18 heavy (non-hydrogen) atoms. The molecule has 0 bridgehead atoms. The SMILES string of the molecule is Oc1cc2[nH]c3c(O)ccc(O)c3c2c(O)c1O. The second kappa shape index (κ2) is 3.13. The van der Waals surface area contributed by atoms with Gasteiger partial charge in [0.05, 0.1) is 21.8 Å². The molecule has 0 saturated heterocycles. The van der Waals surface area contributed by atoms with Gasteiger partial charge in [-0.3, -0.25) is 0 Å². The molecule has 0 aliphatic rings. The van der Waals surface area contributed by atoms with Crippen LogP contribution in [0.2, 0.25) is 0 Å². The van der Waals surface area contributed by atoms with Crippen molar-refractivity contribution in [3.05, 3.63) is 18.2 Å². The lowest BCUT2D eigenvalue weighted by molar-refractivity contribution is 0.371. The summed E-state index contributed by atoms with van der Waals surface area (Å²) in [5, 5.41) is 48.5. The van der Waals surface area contributed by atoms with Crippen molar-refractivity contribution in [2.75, 3.05) is 0 Å². The summed E-state index contributed by atoms with van der Waals surface area (Å²) >= 11 is 0. The topological polar surface area (TPSA) is 117 Å². The maximum Gasteiger partial charge on any atom is 0.201 e. The Kier molecular flexibility index (Phi) is 1.81. The maximum absolute atomic E-state index is 9.82. The minimum Gasteiger partial charge on any atom is -0.507 e. The minimum absolute atomic E-state index is 0.114. The van der Waals surface area contributed by atoms with Crippen LogP contribution in [0.15, 0.2) is 18.2 Å². The molecule has 0 aliphatic carbocycles. The molecule has 0 amide bonds. The van der Waals surface area contributed by atoms with Crippen LogP contribution in [0.4, 0.5) is 0 Å². The maximum atomic E-state index is 9.82. The van der Waals surface area contributed by atoms with E-state index in [4.69, 9.17) is 0 Å². The van der Waals surface area contributed by atoms with Crippen LogP contribution >= 0.6 is 0 Å². The monoisotopic (exact) mass is 247 g/mol. The van der Waals surface area contributed by atoms with Gasteiger partial charge in [-0.15, -0.1) is 0 Å². The molecule has 0 unspecified atom stereocenters. The summed E-state index contributed by atoms with van der Waals surface area (Å²) in [5.74, 6) is -2.00. The molecule has 2 aromatic carbocycles. The number of rotatable bonds is 0. The second-order valence-electron chi connectivity index (χ2n) is 3.99. The Labute approximate surface area is 100.0 Å². The summed E-state index contributed by atoms with van der Waals surface area (Å²) in [7, 11) is 0. The van der Waals surface area contributed by atoms with Crippen LogP contribution in [-0.4, -0.2) is 30.5 Å². The number of hydrogen-bond donors (Lipinski definition) is 6. The standard InChI is InChI=1S/C12H9NO5/c14-5-1-2-6(15)10-9(5)8-4(13-10)3-7(16)11(17)12(8)18/h1-3,13-18H. The smallest absolute Gasteiger partial charge is 0.201 e. The molecule has 6 heteroatoms. The first kappa shape index (κ1) is 10.4. The lowest BCUT2D eigenvalue weighted by atomic mass is 10.1. The molecule has 3 rings (SSSR count). The molecule has 0 fully saturated rings. The van der Waals surface area contributed by atoms with Crippen molar-refractivity contribution in [1.29, 1.82) is 0 Å². The third-order valence-electron chi connectivity index (χ3n) is 2.93. The Balaban J connectivity index is 2.66. The summed E-state index contributed by atoms with van der Waals surface area (Å²) in [4.78, 5) is 2.75. The van der Waals surface area contributed by atoms with Gasteiger partial charge in [-0.2, -0.15) is 0 Å². The van der Waals surface area contributed by atoms with Crippen LogP contribution in [-0.2, 0) is 0 Å². The minimum atomic E-state index is -0.675.